The second kappa shape index (κ2) is 11.5. The lowest BCUT2D eigenvalue weighted by molar-refractivity contribution is 0.137. The van der Waals surface area contributed by atoms with E-state index in [0.29, 0.717) is 6.61 Å². The Morgan fingerprint density at radius 1 is 0.750 bits per heavy atom. The number of nitrogens with zero attached hydrogens (tertiary/aromatic N) is 2. The van der Waals surface area contributed by atoms with Crippen LogP contribution < -0.4 is 9.47 Å². The number of ether oxygens (including phenoxy) is 2. The standard InChI is InChI=1S/C28H32N2O2/c1-31-27-15-14-26(21-28(27)32-23-25-11-6-3-7-12-25)22-30-19-17-29(18-20-30)16-8-13-24-9-4-2-5-10-24/h2-15,21H,16-20,22-23H2,1H3. The van der Waals surface area contributed by atoms with E-state index in [1.54, 1.807) is 7.11 Å². The topological polar surface area (TPSA) is 24.9 Å². The Balaban J connectivity index is 1.27. The quantitative estimate of drug-likeness (QED) is 0.473. The summed E-state index contributed by atoms with van der Waals surface area (Å²) in [6.07, 6.45) is 4.48. The Labute approximate surface area is 191 Å². The zero-order valence-electron chi connectivity index (χ0n) is 18.8. The Kier molecular flexibility index (Phi) is 7.96. The average molecular weight is 429 g/mol. The third kappa shape index (κ3) is 6.46. The van der Waals surface area contributed by atoms with Gasteiger partial charge in [0.25, 0.3) is 0 Å². The summed E-state index contributed by atoms with van der Waals surface area (Å²) in [5.41, 5.74) is 3.67. The molecule has 4 heteroatoms. The highest BCUT2D eigenvalue weighted by atomic mass is 16.5. The first kappa shape index (κ1) is 22.1. The van der Waals surface area contributed by atoms with Crippen molar-refractivity contribution in [3.8, 4) is 11.5 Å². The molecule has 1 heterocycles. The first-order valence-electron chi connectivity index (χ1n) is 11.3. The molecule has 0 unspecified atom stereocenters. The molecule has 0 radical (unpaired) electrons. The fraction of sp³-hybridized carbons (Fsp3) is 0.286. The Morgan fingerprint density at radius 3 is 2.16 bits per heavy atom. The fourth-order valence-corrected chi connectivity index (χ4v) is 3.96. The molecule has 3 aromatic carbocycles. The van der Waals surface area contributed by atoms with Gasteiger partial charge in [0.15, 0.2) is 11.5 Å². The van der Waals surface area contributed by atoms with Crippen molar-refractivity contribution in [1.82, 2.24) is 9.80 Å². The van der Waals surface area contributed by atoms with Gasteiger partial charge in [-0.05, 0) is 28.8 Å². The predicted octanol–water partition coefficient (Wildman–Crippen LogP) is 5.11. The van der Waals surface area contributed by atoms with Gasteiger partial charge in [0.2, 0.25) is 0 Å². The molecule has 166 valence electrons. The second-order valence-electron chi connectivity index (χ2n) is 8.15. The van der Waals surface area contributed by atoms with E-state index in [2.05, 4.69) is 76.5 Å². The highest BCUT2D eigenvalue weighted by Crippen LogP contribution is 2.29. The van der Waals surface area contributed by atoms with E-state index in [0.717, 1.165) is 56.3 Å². The molecule has 1 saturated heterocycles. The smallest absolute Gasteiger partial charge is 0.161 e. The summed E-state index contributed by atoms with van der Waals surface area (Å²) in [5.74, 6) is 1.58. The fourth-order valence-electron chi connectivity index (χ4n) is 3.96. The molecule has 0 saturated carbocycles. The monoisotopic (exact) mass is 428 g/mol. The van der Waals surface area contributed by atoms with E-state index in [1.807, 2.05) is 24.3 Å². The molecular formula is C28H32N2O2. The predicted molar refractivity (Wildman–Crippen MR) is 131 cm³/mol. The largest absolute Gasteiger partial charge is 0.493 e. The van der Waals surface area contributed by atoms with E-state index in [1.165, 1.54) is 11.1 Å². The van der Waals surface area contributed by atoms with Crippen LogP contribution >= 0.6 is 0 Å². The van der Waals surface area contributed by atoms with Crippen LogP contribution in [0.2, 0.25) is 0 Å². The van der Waals surface area contributed by atoms with Crippen LogP contribution in [0.3, 0.4) is 0 Å². The summed E-state index contributed by atoms with van der Waals surface area (Å²) < 4.78 is 11.6. The van der Waals surface area contributed by atoms with Crippen LogP contribution in [0.25, 0.3) is 6.08 Å². The van der Waals surface area contributed by atoms with Gasteiger partial charge in [0.05, 0.1) is 7.11 Å². The van der Waals surface area contributed by atoms with Crippen molar-refractivity contribution in [3.05, 3.63) is 102 Å². The van der Waals surface area contributed by atoms with Gasteiger partial charge in [-0.15, -0.1) is 0 Å². The minimum atomic E-state index is 0.538. The van der Waals surface area contributed by atoms with Gasteiger partial charge < -0.3 is 9.47 Å². The van der Waals surface area contributed by atoms with E-state index in [9.17, 15) is 0 Å². The summed E-state index contributed by atoms with van der Waals surface area (Å²) in [6, 6.07) is 27.0. The van der Waals surface area contributed by atoms with Crippen molar-refractivity contribution < 1.29 is 9.47 Å². The molecule has 1 fully saturated rings. The van der Waals surface area contributed by atoms with Gasteiger partial charge in [-0.1, -0.05) is 78.9 Å². The van der Waals surface area contributed by atoms with Gasteiger partial charge in [0.1, 0.15) is 6.61 Å². The molecule has 0 spiro atoms. The summed E-state index contributed by atoms with van der Waals surface area (Å²) >= 11 is 0. The summed E-state index contributed by atoms with van der Waals surface area (Å²) in [4.78, 5) is 5.03. The molecule has 1 aliphatic heterocycles. The average Bonchev–Trinajstić information content (AvgIpc) is 2.85. The molecule has 4 nitrogen and oxygen atoms in total. The van der Waals surface area contributed by atoms with Gasteiger partial charge in [-0.3, -0.25) is 9.80 Å². The maximum Gasteiger partial charge on any atom is 0.161 e. The van der Waals surface area contributed by atoms with E-state index in [4.69, 9.17) is 9.47 Å². The minimum Gasteiger partial charge on any atom is -0.493 e. The lowest BCUT2D eigenvalue weighted by Gasteiger charge is -2.34. The van der Waals surface area contributed by atoms with Crippen LogP contribution in [0.4, 0.5) is 0 Å². The molecule has 4 rings (SSSR count). The molecule has 1 aliphatic rings. The van der Waals surface area contributed by atoms with Crippen molar-refractivity contribution in [2.75, 3.05) is 39.8 Å². The second-order valence-corrected chi connectivity index (χ2v) is 8.15. The van der Waals surface area contributed by atoms with Crippen LogP contribution in [0, 0.1) is 0 Å². The van der Waals surface area contributed by atoms with Crippen molar-refractivity contribution in [2.24, 2.45) is 0 Å². The number of piperazine rings is 1. The summed E-state index contributed by atoms with van der Waals surface area (Å²) in [5, 5.41) is 0. The van der Waals surface area contributed by atoms with Crippen molar-refractivity contribution in [3.63, 3.8) is 0 Å². The lowest BCUT2D eigenvalue weighted by atomic mass is 10.1. The van der Waals surface area contributed by atoms with Gasteiger partial charge in [-0.25, -0.2) is 0 Å². The molecular weight excluding hydrogens is 396 g/mol. The molecule has 0 atom stereocenters. The highest BCUT2D eigenvalue weighted by molar-refractivity contribution is 5.48. The van der Waals surface area contributed by atoms with E-state index >= 15 is 0 Å². The van der Waals surface area contributed by atoms with Crippen LogP contribution in [0.1, 0.15) is 16.7 Å². The third-order valence-electron chi connectivity index (χ3n) is 5.81. The first-order chi connectivity index (χ1) is 15.8. The van der Waals surface area contributed by atoms with Crippen LogP contribution in [0.5, 0.6) is 11.5 Å². The minimum absolute atomic E-state index is 0.538. The third-order valence-corrected chi connectivity index (χ3v) is 5.81. The Morgan fingerprint density at radius 2 is 1.44 bits per heavy atom. The number of hydrogen-bond donors (Lipinski definition) is 0. The van der Waals surface area contributed by atoms with Crippen LogP contribution in [-0.4, -0.2) is 49.6 Å². The number of methoxy groups -OCH3 is 1. The SMILES string of the molecule is COc1ccc(CN2CCN(CC=Cc3ccccc3)CC2)cc1OCc1ccccc1. The van der Waals surface area contributed by atoms with Crippen LogP contribution in [0.15, 0.2) is 84.9 Å². The zero-order valence-corrected chi connectivity index (χ0v) is 18.8. The summed E-state index contributed by atoms with van der Waals surface area (Å²) in [7, 11) is 1.69. The lowest BCUT2D eigenvalue weighted by Crippen LogP contribution is -2.45. The summed E-state index contributed by atoms with van der Waals surface area (Å²) in [6.45, 7) is 6.80. The van der Waals surface area contributed by atoms with E-state index in [-0.39, 0.29) is 0 Å². The number of hydrogen-bond acceptors (Lipinski definition) is 4. The number of benzene rings is 3. The molecule has 0 amide bonds. The number of rotatable bonds is 9. The zero-order chi connectivity index (χ0) is 22.0. The maximum absolute atomic E-state index is 6.08. The Hall–Kier alpha value is -3.08. The molecule has 0 N–H and O–H groups in total. The van der Waals surface area contributed by atoms with Crippen molar-refractivity contribution in [2.45, 2.75) is 13.2 Å². The van der Waals surface area contributed by atoms with Crippen molar-refractivity contribution >= 4 is 6.08 Å². The van der Waals surface area contributed by atoms with Gasteiger partial charge >= 0.3 is 0 Å². The molecule has 32 heavy (non-hydrogen) atoms. The van der Waals surface area contributed by atoms with Gasteiger partial charge in [0, 0.05) is 39.3 Å². The van der Waals surface area contributed by atoms with Crippen molar-refractivity contribution in [1.29, 1.82) is 0 Å². The first-order valence-corrected chi connectivity index (χ1v) is 11.3. The molecule has 0 bridgehead atoms. The normalized spacial score (nSPS) is 15.2. The Bertz CT molecular complexity index is 981. The highest BCUT2D eigenvalue weighted by Gasteiger charge is 2.17. The van der Waals surface area contributed by atoms with Crippen LogP contribution in [-0.2, 0) is 13.2 Å². The maximum atomic E-state index is 6.08. The van der Waals surface area contributed by atoms with Gasteiger partial charge in [-0.2, -0.15) is 0 Å². The molecule has 3 aromatic rings. The molecule has 0 aromatic heterocycles. The molecule has 0 aliphatic carbocycles. The van der Waals surface area contributed by atoms with E-state index < -0.39 is 0 Å².